The molecule has 1 aromatic carbocycles. The van der Waals surface area contributed by atoms with Gasteiger partial charge in [-0.15, -0.1) is 0 Å². The van der Waals surface area contributed by atoms with Crippen LogP contribution < -0.4 is 10.6 Å². The van der Waals surface area contributed by atoms with Gasteiger partial charge in [0, 0.05) is 29.9 Å². The number of hydrogen-bond acceptors (Lipinski definition) is 4. The van der Waals surface area contributed by atoms with Crippen LogP contribution in [0.15, 0.2) is 30.5 Å². The molecular weight excluding hydrogens is 358 g/mol. The van der Waals surface area contributed by atoms with E-state index in [-0.39, 0.29) is 18.2 Å². The van der Waals surface area contributed by atoms with Crippen molar-refractivity contribution in [2.24, 2.45) is 5.92 Å². The number of methoxy groups -OCH3 is 1. The molecule has 7 heteroatoms. The Hall–Kier alpha value is -2.83. The van der Waals surface area contributed by atoms with E-state index in [1.807, 2.05) is 44.3 Å². The van der Waals surface area contributed by atoms with E-state index >= 15 is 0 Å². The minimum absolute atomic E-state index is 0.196. The molecule has 0 aliphatic rings. The second-order valence-corrected chi connectivity index (χ2v) is 7.25. The molecule has 2 atom stereocenters. The third-order valence-electron chi connectivity index (χ3n) is 4.58. The largest absolute Gasteiger partial charge is 0.467 e. The maximum absolute atomic E-state index is 12.9. The number of rotatable bonds is 9. The van der Waals surface area contributed by atoms with Crippen LogP contribution in [0.5, 0.6) is 0 Å². The summed E-state index contributed by atoms with van der Waals surface area (Å²) in [6.07, 6.45) is 2.89. The molecular formula is C21H29N3O4. The summed E-state index contributed by atoms with van der Waals surface area (Å²) in [7, 11) is 1.30. The summed E-state index contributed by atoms with van der Waals surface area (Å²) in [5.74, 6) is -0.919. The average Bonchev–Trinajstić information content (AvgIpc) is 3.08. The maximum atomic E-state index is 12.9. The van der Waals surface area contributed by atoms with Crippen LogP contribution in [-0.4, -0.2) is 42.0 Å². The summed E-state index contributed by atoms with van der Waals surface area (Å²) in [5, 5.41) is 6.52. The maximum Gasteiger partial charge on any atom is 0.328 e. The average molecular weight is 387 g/mol. The zero-order valence-electron chi connectivity index (χ0n) is 16.9. The van der Waals surface area contributed by atoms with Crippen molar-refractivity contribution in [2.45, 2.75) is 52.1 Å². The molecule has 1 heterocycles. The number of aromatic amines is 1. The highest BCUT2D eigenvalue weighted by atomic mass is 16.5. The van der Waals surface area contributed by atoms with Gasteiger partial charge in [0.15, 0.2) is 0 Å². The number of esters is 1. The van der Waals surface area contributed by atoms with Gasteiger partial charge in [0.2, 0.25) is 11.8 Å². The molecule has 0 fully saturated rings. The first-order valence-corrected chi connectivity index (χ1v) is 9.58. The first-order chi connectivity index (χ1) is 13.3. The Morgan fingerprint density at radius 2 is 1.82 bits per heavy atom. The van der Waals surface area contributed by atoms with Crippen molar-refractivity contribution in [2.75, 3.05) is 7.11 Å². The van der Waals surface area contributed by atoms with Crippen LogP contribution in [0, 0.1) is 5.92 Å². The molecule has 28 heavy (non-hydrogen) atoms. The van der Waals surface area contributed by atoms with Gasteiger partial charge in [0.05, 0.1) is 7.11 Å². The molecule has 2 aromatic rings. The first-order valence-electron chi connectivity index (χ1n) is 9.58. The van der Waals surface area contributed by atoms with E-state index in [1.165, 1.54) is 7.11 Å². The molecule has 0 bridgehead atoms. The lowest BCUT2D eigenvalue weighted by Gasteiger charge is -2.23. The highest BCUT2D eigenvalue weighted by Crippen LogP contribution is 2.19. The predicted octanol–water partition coefficient (Wildman–Crippen LogP) is 2.31. The molecule has 0 saturated carbocycles. The molecule has 0 aliphatic heterocycles. The van der Waals surface area contributed by atoms with Crippen LogP contribution in [-0.2, 0) is 25.5 Å². The van der Waals surface area contributed by atoms with E-state index in [2.05, 4.69) is 15.6 Å². The summed E-state index contributed by atoms with van der Waals surface area (Å²) < 4.78 is 4.81. The molecule has 3 N–H and O–H groups in total. The van der Waals surface area contributed by atoms with Crippen molar-refractivity contribution in [3.8, 4) is 0 Å². The molecule has 152 valence electrons. The molecule has 1 aromatic heterocycles. The summed E-state index contributed by atoms with van der Waals surface area (Å²) in [5.41, 5.74) is 1.89. The molecule has 2 rings (SSSR count). The van der Waals surface area contributed by atoms with E-state index in [9.17, 15) is 14.4 Å². The van der Waals surface area contributed by atoms with Crippen LogP contribution in [0.25, 0.3) is 10.9 Å². The fraction of sp³-hybridized carbons (Fsp3) is 0.476. The van der Waals surface area contributed by atoms with E-state index in [1.54, 1.807) is 6.92 Å². The number of aromatic nitrogens is 1. The van der Waals surface area contributed by atoms with Gasteiger partial charge in [0.1, 0.15) is 12.1 Å². The number of benzene rings is 1. The highest BCUT2D eigenvalue weighted by molar-refractivity contribution is 5.92. The lowest BCUT2D eigenvalue weighted by Crippen LogP contribution is -2.52. The van der Waals surface area contributed by atoms with E-state index in [0.29, 0.717) is 12.8 Å². The van der Waals surface area contributed by atoms with Crippen molar-refractivity contribution in [3.05, 3.63) is 36.0 Å². The van der Waals surface area contributed by atoms with Crippen molar-refractivity contribution in [3.63, 3.8) is 0 Å². The van der Waals surface area contributed by atoms with Crippen LogP contribution in [0.3, 0.4) is 0 Å². The van der Waals surface area contributed by atoms with E-state index < -0.39 is 24.0 Å². The normalized spacial score (nSPS) is 13.2. The zero-order chi connectivity index (χ0) is 20.7. The monoisotopic (exact) mass is 387 g/mol. The number of hydrogen-bond donors (Lipinski definition) is 3. The van der Waals surface area contributed by atoms with Gasteiger partial charge in [-0.3, -0.25) is 9.59 Å². The standard InChI is InChI=1S/C21H29N3O4/c1-5-19(25)23-17(11-14-12-22-16-9-7-6-8-15(14)16)20(26)24-18(10-13(2)3)21(27)28-4/h6-9,12-13,17-18,22H,5,10-11H2,1-4H3,(H,23,25)(H,24,26)/t17-,18-/m1/s1. The summed E-state index contributed by atoms with van der Waals surface area (Å²) in [6.45, 7) is 5.65. The molecule has 0 aliphatic carbocycles. The molecule has 0 saturated heterocycles. The molecule has 2 amide bonds. The smallest absolute Gasteiger partial charge is 0.328 e. The molecule has 0 unspecified atom stereocenters. The lowest BCUT2D eigenvalue weighted by atomic mass is 10.0. The summed E-state index contributed by atoms with van der Waals surface area (Å²) in [6, 6.07) is 6.24. The number of ether oxygens (including phenoxy) is 1. The Balaban J connectivity index is 2.22. The SMILES string of the molecule is CCC(=O)N[C@H](Cc1c[nH]c2ccccc12)C(=O)N[C@H](CC(C)C)C(=O)OC. The van der Waals surface area contributed by atoms with Crippen molar-refractivity contribution in [1.82, 2.24) is 15.6 Å². The minimum Gasteiger partial charge on any atom is -0.467 e. The highest BCUT2D eigenvalue weighted by Gasteiger charge is 2.28. The number of amides is 2. The third-order valence-corrected chi connectivity index (χ3v) is 4.58. The first kappa shape index (κ1) is 21.5. The second-order valence-electron chi connectivity index (χ2n) is 7.25. The quantitative estimate of drug-likeness (QED) is 0.575. The van der Waals surface area contributed by atoms with Gasteiger partial charge in [-0.2, -0.15) is 0 Å². The summed E-state index contributed by atoms with van der Waals surface area (Å²) in [4.78, 5) is 40.1. The van der Waals surface area contributed by atoms with Gasteiger partial charge in [-0.25, -0.2) is 4.79 Å². The topological polar surface area (TPSA) is 100 Å². The predicted molar refractivity (Wildman–Crippen MR) is 108 cm³/mol. The van der Waals surface area contributed by atoms with Crippen molar-refractivity contribution in [1.29, 1.82) is 0 Å². The Labute approximate surface area is 165 Å². The Morgan fingerprint density at radius 3 is 2.46 bits per heavy atom. The summed E-state index contributed by atoms with van der Waals surface area (Å²) >= 11 is 0. The fourth-order valence-electron chi connectivity index (χ4n) is 3.13. The minimum atomic E-state index is -0.786. The number of carbonyl (C=O) groups is 3. The Kier molecular flexibility index (Phi) is 7.61. The van der Waals surface area contributed by atoms with Gasteiger partial charge in [0.25, 0.3) is 0 Å². The van der Waals surface area contributed by atoms with Crippen LogP contribution in [0.4, 0.5) is 0 Å². The van der Waals surface area contributed by atoms with Gasteiger partial charge in [-0.05, 0) is 24.0 Å². The molecule has 7 nitrogen and oxygen atoms in total. The van der Waals surface area contributed by atoms with Gasteiger partial charge < -0.3 is 20.4 Å². The van der Waals surface area contributed by atoms with Gasteiger partial charge >= 0.3 is 5.97 Å². The zero-order valence-corrected chi connectivity index (χ0v) is 16.9. The van der Waals surface area contributed by atoms with E-state index in [0.717, 1.165) is 16.5 Å². The lowest BCUT2D eigenvalue weighted by molar-refractivity contribution is -0.145. The van der Waals surface area contributed by atoms with Crippen molar-refractivity contribution >= 4 is 28.7 Å². The van der Waals surface area contributed by atoms with E-state index in [4.69, 9.17) is 4.74 Å². The fourth-order valence-corrected chi connectivity index (χ4v) is 3.13. The Bertz CT molecular complexity index is 828. The molecule has 0 spiro atoms. The van der Waals surface area contributed by atoms with Crippen molar-refractivity contribution < 1.29 is 19.1 Å². The number of nitrogens with one attached hydrogen (secondary N) is 3. The van der Waals surface area contributed by atoms with Crippen LogP contribution >= 0.6 is 0 Å². The second kappa shape index (κ2) is 9.92. The Morgan fingerprint density at radius 1 is 1.11 bits per heavy atom. The van der Waals surface area contributed by atoms with Crippen LogP contribution in [0.2, 0.25) is 0 Å². The van der Waals surface area contributed by atoms with Crippen LogP contribution in [0.1, 0.15) is 39.2 Å². The number of H-pyrrole nitrogens is 1. The molecule has 0 radical (unpaired) electrons. The number of fused-ring (bicyclic) bond motifs is 1. The number of carbonyl (C=O) groups excluding carboxylic acids is 3. The third kappa shape index (κ3) is 5.58. The number of para-hydroxylation sites is 1. The van der Waals surface area contributed by atoms with Gasteiger partial charge in [-0.1, -0.05) is 39.0 Å².